The van der Waals surface area contributed by atoms with Gasteiger partial charge in [0.1, 0.15) is 19.0 Å². The summed E-state index contributed by atoms with van der Waals surface area (Å²) >= 11 is 1.37. The molecule has 13 heteroatoms. The predicted molar refractivity (Wildman–Crippen MR) is 158 cm³/mol. The lowest BCUT2D eigenvalue weighted by Gasteiger charge is -2.36. The summed E-state index contributed by atoms with van der Waals surface area (Å²) in [6.07, 6.45) is 6.93. The van der Waals surface area contributed by atoms with Gasteiger partial charge in [-0.25, -0.2) is 15.0 Å². The number of anilines is 1. The lowest BCUT2D eigenvalue weighted by Crippen LogP contribution is -2.51. The molecule has 2 heterocycles. The number of carbonyl (C=O) groups is 2. The van der Waals surface area contributed by atoms with Gasteiger partial charge in [-0.2, -0.15) is 0 Å². The van der Waals surface area contributed by atoms with E-state index in [0.29, 0.717) is 23.3 Å². The summed E-state index contributed by atoms with van der Waals surface area (Å²) < 4.78 is 17.2. The molecule has 0 spiro atoms. The van der Waals surface area contributed by atoms with Crippen molar-refractivity contribution in [2.24, 2.45) is 5.92 Å². The minimum absolute atomic E-state index is 0.0437. The average molecular weight is 599 g/mol. The molecule has 4 N–H and O–H groups in total. The third-order valence-corrected chi connectivity index (χ3v) is 8.70. The van der Waals surface area contributed by atoms with E-state index >= 15 is 0 Å². The van der Waals surface area contributed by atoms with Crippen LogP contribution in [0, 0.1) is 5.92 Å². The second-order valence-electron chi connectivity index (χ2n) is 10.9. The van der Waals surface area contributed by atoms with Crippen molar-refractivity contribution in [1.29, 1.82) is 0 Å². The van der Waals surface area contributed by atoms with Crippen molar-refractivity contribution >= 4 is 38.5 Å². The fraction of sp³-hybridized carbons (Fsp3) is 0.552. The molecule has 2 fully saturated rings. The summed E-state index contributed by atoms with van der Waals surface area (Å²) in [6.45, 7) is 2.80. The van der Waals surface area contributed by atoms with Gasteiger partial charge in [-0.1, -0.05) is 11.3 Å². The summed E-state index contributed by atoms with van der Waals surface area (Å²) in [4.78, 5) is 38.0. The van der Waals surface area contributed by atoms with Crippen molar-refractivity contribution in [1.82, 2.24) is 25.6 Å². The number of benzene rings is 1. The van der Waals surface area contributed by atoms with Crippen LogP contribution in [0.5, 0.6) is 5.75 Å². The molecular weight excluding hydrogens is 560 g/mol. The lowest BCUT2D eigenvalue weighted by atomic mass is 9.79. The van der Waals surface area contributed by atoms with E-state index in [4.69, 9.17) is 14.2 Å². The van der Waals surface area contributed by atoms with Gasteiger partial charge in [0.15, 0.2) is 11.0 Å². The number of carbonyl (C=O) groups excluding carboxylic acids is 2. The summed E-state index contributed by atoms with van der Waals surface area (Å²) in [5, 5.41) is 19.7. The highest BCUT2D eigenvalue weighted by molar-refractivity contribution is 7.22. The normalized spacial score (nSPS) is 22.5. The number of nitrogens with one attached hydrogen (secondary N) is 3. The fourth-order valence-electron chi connectivity index (χ4n) is 5.39. The van der Waals surface area contributed by atoms with Crippen molar-refractivity contribution in [3.8, 4) is 16.9 Å². The van der Waals surface area contributed by atoms with Crippen LogP contribution >= 0.6 is 11.3 Å². The number of thiazole rings is 1. The van der Waals surface area contributed by atoms with E-state index in [1.807, 2.05) is 19.1 Å². The van der Waals surface area contributed by atoms with Crippen molar-refractivity contribution < 1.29 is 28.9 Å². The maximum absolute atomic E-state index is 12.9. The second kappa shape index (κ2) is 13.8. The molecular formula is C29H38N6O6S. The highest BCUT2D eigenvalue weighted by atomic mass is 32.1. The Morgan fingerprint density at radius 1 is 1.17 bits per heavy atom. The first-order valence-corrected chi connectivity index (χ1v) is 15.1. The number of amides is 2. The Morgan fingerprint density at radius 2 is 1.95 bits per heavy atom. The lowest BCUT2D eigenvalue weighted by molar-refractivity contribution is -0.124. The maximum atomic E-state index is 12.9. The summed E-state index contributed by atoms with van der Waals surface area (Å²) in [7, 11) is 3.10. The third kappa shape index (κ3) is 7.21. The number of aromatic nitrogens is 3. The fourth-order valence-corrected chi connectivity index (χ4v) is 6.38. The molecule has 12 nitrogen and oxygen atoms in total. The van der Waals surface area contributed by atoms with Crippen LogP contribution in [-0.2, 0) is 25.7 Å². The molecule has 2 amide bonds. The van der Waals surface area contributed by atoms with E-state index < -0.39 is 6.10 Å². The molecule has 2 aliphatic carbocycles. The average Bonchev–Trinajstić information content (AvgIpc) is 3.57. The molecule has 226 valence electrons. The number of fused-ring (bicyclic) bond motifs is 1. The molecule has 5 rings (SSSR count). The van der Waals surface area contributed by atoms with Crippen LogP contribution in [0.2, 0.25) is 0 Å². The molecule has 0 saturated heterocycles. The van der Waals surface area contributed by atoms with E-state index in [2.05, 4.69) is 30.9 Å². The Labute approximate surface area is 248 Å². The Hall–Kier alpha value is -3.23. The zero-order valence-corrected chi connectivity index (χ0v) is 24.9. The summed E-state index contributed by atoms with van der Waals surface area (Å²) in [6, 6.07) is 4.12. The number of aliphatic hydroxyl groups is 1. The second-order valence-corrected chi connectivity index (χ2v) is 11.9. The van der Waals surface area contributed by atoms with Crippen molar-refractivity contribution in [2.75, 3.05) is 32.7 Å². The van der Waals surface area contributed by atoms with Gasteiger partial charge >= 0.3 is 0 Å². The van der Waals surface area contributed by atoms with E-state index in [9.17, 15) is 14.7 Å². The molecule has 3 aromatic rings. The number of ether oxygens (including phenoxy) is 3. The molecule has 2 aliphatic rings. The van der Waals surface area contributed by atoms with Crippen LogP contribution in [-0.4, -0.2) is 83.5 Å². The molecule has 0 radical (unpaired) electrons. The molecule has 2 aromatic heterocycles. The molecule has 0 unspecified atom stereocenters. The molecule has 1 aromatic carbocycles. The number of rotatable bonds is 13. The predicted octanol–water partition coefficient (Wildman–Crippen LogP) is 2.65. The number of hydrogen-bond donors (Lipinski definition) is 4. The van der Waals surface area contributed by atoms with Crippen LogP contribution in [0.4, 0.5) is 5.13 Å². The monoisotopic (exact) mass is 598 g/mol. The zero-order valence-electron chi connectivity index (χ0n) is 24.1. The first kappa shape index (κ1) is 30.2. The number of aliphatic hydroxyl groups excluding tert-OH is 1. The van der Waals surface area contributed by atoms with Gasteiger partial charge in [0.05, 0.1) is 29.5 Å². The highest BCUT2D eigenvalue weighted by Gasteiger charge is 2.35. The van der Waals surface area contributed by atoms with Gasteiger partial charge in [-0.05, 0) is 51.2 Å². The van der Waals surface area contributed by atoms with Crippen LogP contribution in [0.1, 0.15) is 44.9 Å². The van der Waals surface area contributed by atoms with Crippen molar-refractivity contribution in [2.45, 2.75) is 69.9 Å². The third-order valence-electron chi connectivity index (χ3n) is 7.72. The van der Waals surface area contributed by atoms with Gasteiger partial charge in [0, 0.05) is 55.2 Å². The Kier molecular flexibility index (Phi) is 9.95. The van der Waals surface area contributed by atoms with Gasteiger partial charge < -0.3 is 35.3 Å². The molecule has 0 bridgehead atoms. The minimum atomic E-state index is -0.418. The van der Waals surface area contributed by atoms with E-state index in [1.54, 1.807) is 19.5 Å². The summed E-state index contributed by atoms with van der Waals surface area (Å²) in [5.74, 6) is 0.900. The van der Waals surface area contributed by atoms with Gasteiger partial charge in [0.25, 0.3) is 0 Å². The Morgan fingerprint density at radius 3 is 2.64 bits per heavy atom. The van der Waals surface area contributed by atoms with Crippen molar-refractivity contribution in [3.05, 3.63) is 30.4 Å². The number of nitrogens with zero attached hydrogens (tertiary/aromatic N) is 3. The van der Waals surface area contributed by atoms with Crippen LogP contribution in [0.3, 0.4) is 0 Å². The van der Waals surface area contributed by atoms with E-state index in [1.165, 1.54) is 18.4 Å². The minimum Gasteiger partial charge on any atom is -0.495 e. The van der Waals surface area contributed by atoms with Gasteiger partial charge in [0.2, 0.25) is 11.8 Å². The van der Waals surface area contributed by atoms with Gasteiger partial charge in [-0.15, -0.1) is 0 Å². The summed E-state index contributed by atoms with van der Waals surface area (Å²) in [5.41, 5.74) is 2.35. The molecule has 42 heavy (non-hydrogen) atoms. The quantitative estimate of drug-likeness (QED) is 0.231. The Bertz CT molecular complexity index is 1380. The molecule has 2 saturated carbocycles. The Balaban J connectivity index is 1.16. The SMILES string of the molecule is COCC(=O)NC[C@H](C)N[C@H]1C[C@@H](C(=O)Nc2nc3ccc(-c4cnc(CO[C@H]5CCC[C@@H]5O)nc4)c(OC)c3s2)C1. The van der Waals surface area contributed by atoms with Crippen molar-refractivity contribution in [3.63, 3.8) is 0 Å². The first-order valence-electron chi connectivity index (χ1n) is 14.3. The van der Waals surface area contributed by atoms with E-state index in [0.717, 1.165) is 53.4 Å². The molecule has 0 aliphatic heterocycles. The first-order chi connectivity index (χ1) is 20.3. The number of hydrogen-bond acceptors (Lipinski definition) is 11. The standard InChI is InChI=1S/C29H38N6O6S/c1-16(11-32-25(37)15-39-2)33-19-9-17(10-19)28(38)35-29-34-21-8-7-20(26(40-3)27(21)42-29)18-12-30-24(31-13-18)14-41-23-6-4-5-22(23)36/h7-8,12-13,16-17,19,22-23,33,36H,4-6,9-11,14-15H2,1-3H3,(H,32,37)(H,34,35,38)/t16-,17-,19+,22-,23-/m0/s1. The largest absolute Gasteiger partial charge is 0.495 e. The van der Waals surface area contributed by atoms with E-state index in [-0.39, 0.29) is 49.1 Å². The molecule has 3 atom stereocenters. The van der Waals surface area contributed by atoms with Crippen LogP contribution in [0.25, 0.3) is 21.3 Å². The topological polar surface area (TPSA) is 157 Å². The van der Waals surface area contributed by atoms with Crippen LogP contribution < -0.4 is 20.7 Å². The van der Waals surface area contributed by atoms with Gasteiger partial charge in [-0.3, -0.25) is 9.59 Å². The maximum Gasteiger partial charge on any atom is 0.246 e. The zero-order chi connectivity index (χ0) is 29.6. The van der Waals surface area contributed by atoms with Crippen LogP contribution in [0.15, 0.2) is 24.5 Å². The smallest absolute Gasteiger partial charge is 0.246 e. The highest BCUT2D eigenvalue weighted by Crippen LogP contribution is 2.41. The number of methoxy groups -OCH3 is 2.